The lowest BCUT2D eigenvalue weighted by Gasteiger charge is -2.30. The van der Waals surface area contributed by atoms with Crippen LogP contribution in [0.1, 0.15) is 102 Å². The molecule has 0 rings (SSSR count). The van der Waals surface area contributed by atoms with Crippen LogP contribution in [0.5, 0.6) is 0 Å². The maximum Gasteiger partial charge on any atom is 0.325 e. The third kappa shape index (κ3) is 15.6. The van der Waals surface area contributed by atoms with Crippen LogP contribution in [0.4, 0.5) is 0 Å². The second-order valence-corrected chi connectivity index (χ2v) is 13.8. The fourth-order valence-electron chi connectivity index (χ4n) is 4.67. The molecule has 0 spiro atoms. The summed E-state index contributed by atoms with van der Waals surface area (Å²) in [5.74, 6) is -4.48. The molecular weight excluding hydrogens is 580 g/mol. The molecular formula is C32H60N6O7. The lowest BCUT2D eigenvalue weighted by molar-refractivity contribution is -0.142. The summed E-state index contributed by atoms with van der Waals surface area (Å²) in [6.45, 7) is 19.9. The van der Waals surface area contributed by atoms with Crippen LogP contribution >= 0.6 is 0 Å². The topological polar surface area (TPSA) is 209 Å². The number of carbonyl (C=O) groups is 6. The summed E-state index contributed by atoms with van der Waals surface area (Å²) in [6.07, 6.45) is 1.58. The minimum atomic E-state index is -1.21. The summed E-state index contributed by atoms with van der Waals surface area (Å²) < 4.78 is 0. The molecule has 0 radical (unpaired) electrons. The Balaban J connectivity index is 5.98. The average molecular weight is 641 g/mol. The zero-order valence-corrected chi connectivity index (χ0v) is 29.2. The Morgan fingerprint density at radius 3 is 1.36 bits per heavy atom. The van der Waals surface area contributed by atoms with E-state index in [1.54, 1.807) is 20.8 Å². The average Bonchev–Trinajstić information content (AvgIpc) is 2.91. The van der Waals surface area contributed by atoms with E-state index in [0.717, 1.165) is 0 Å². The quantitative estimate of drug-likeness (QED) is 0.104. The van der Waals surface area contributed by atoms with Crippen LogP contribution in [-0.4, -0.2) is 76.9 Å². The van der Waals surface area contributed by atoms with Crippen LogP contribution in [0, 0.1) is 29.6 Å². The molecule has 0 bridgehead atoms. The van der Waals surface area contributed by atoms with Crippen molar-refractivity contribution in [3.05, 3.63) is 0 Å². The van der Waals surface area contributed by atoms with Gasteiger partial charge in [-0.3, -0.25) is 28.8 Å². The molecule has 7 atom stereocenters. The number of carbonyl (C=O) groups excluding carboxylic acids is 5. The molecule has 0 unspecified atom stereocenters. The second kappa shape index (κ2) is 20.0. The van der Waals surface area contributed by atoms with Gasteiger partial charge in [0.05, 0.1) is 6.04 Å². The molecule has 0 aromatic rings. The number of hydrogen-bond donors (Lipinski definition) is 7. The number of aliphatic carboxylic acids is 1. The zero-order valence-electron chi connectivity index (χ0n) is 29.2. The van der Waals surface area contributed by atoms with Crippen molar-refractivity contribution in [2.45, 2.75) is 138 Å². The maximum atomic E-state index is 13.6. The molecule has 0 aliphatic carbocycles. The van der Waals surface area contributed by atoms with E-state index in [0.29, 0.717) is 19.3 Å². The predicted molar refractivity (Wildman–Crippen MR) is 174 cm³/mol. The van der Waals surface area contributed by atoms with Crippen molar-refractivity contribution in [1.82, 2.24) is 26.6 Å². The van der Waals surface area contributed by atoms with E-state index < -0.39 is 77.7 Å². The third-order valence-corrected chi connectivity index (χ3v) is 7.51. The highest BCUT2D eigenvalue weighted by Crippen LogP contribution is 2.13. The van der Waals surface area contributed by atoms with Gasteiger partial charge in [0.15, 0.2) is 0 Å². The first-order chi connectivity index (χ1) is 20.7. The van der Waals surface area contributed by atoms with E-state index >= 15 is 0 Å². The number of carboxylic acids is 1. The standard InChI is InChI=1S/C32H60N6O7/c1-12-20(10)26(31(43)34-21(11)32(44)45)38-30(42)25(19(8)9)37-29(41)24(15-18(6)7)36-28(40)23(14-17(4)5)35-27(39)22(33)13-16(2)3/h16-26H,12-15,33H2,1-11H3,(H,34,43)(H,35,39)(H,36,40)(H,37,41)(H,38,42)(H,44,45)/t20-,21-,22-,23-,24-,25-,26-/m0/s1. The predicted octanol–water partition coefficient (Wildman–Crippen LogP) is 1.68. The summed E-state index contributed by atoms with van der Waals surface area (Å²) >= 11 is 0. The number of amides is 5. The minimum Gasteiger partial charge on any atom is -0.480 e. The van der Waals surface area contributed by atoms with Gasteiger partial charge >= 0.3 is 5.97 Å². The van der Waals surface area contributed by atoms with E-state index in [9.17, 15) is 33.9 Å². The lowest BCUT2D eigenvalue weighted by Crippen LogP contribution is -2.61. The molecule has 13 heteroatoms. The molecule has 0 fully saturated rings. The van der Waals surface area contributed by atoms with E-state index in [1.807, 2.05) is 48.5 Å². The van der Waals surface area contributed by atoms with E-state index in [1.165, 1.54) is 6.92 Å². The first-order valence-electron chi connectivity index (χ1n) is 16.2. The van der Waals surface area contributed by atoms with Crippen molar-refractivity contribution in [2.75, 3.05) is 0 Å². The maximum absolute atomic E-state index is 13.6. The van der Waals surface area contributed by atoms with Crippen molar-refractivity contribution in [2.24, 2.45) is 35.3 Å². The Labute approximate surface area is 269 Å². The molecule has 0 saturated carbocycles. The Morgan fingerprint density at radius 2 is 0.956 bits per heavy atom. The molecule has 0 aliphatic rings. The van der Waals surface area contributed by atoms with Crippen LogP contribution in [0.15, 0.2) is 0 Å². The van der Waals surface area contributed by atoms with Gasteiger partial charge in [0, 0.05) is 0 Å². The van der Waals surface area contributed by atoms with Gasteiger partial charge in [-0.2, -0.15) is 0 Å². The van der Waals surface area contributed by atoms with E-state index in [4.69, 9.17) is 5.73 Å². The summed E-state index contributed by atoms with van der Waals surface area (Å²) in [5, 5.41) is 22.6. The molecule has 0 aromatic carbocycles. The van der Waals surface area contributed by atoms with Gasteiger partial charge in [-0.05, 0) is 55.8 Å². The Kier molecular flexibility index (Phi) is 18.6. The highest BCUT2D eigenvalue weighted by atomic mass is 16.4. The van der Waals surface area contributed by atoms with Crippen molar-refractivity contribution in [3.63, 3.8) is 0 Å². The van der Waals surface area contributed by atoms with Crippen LogP contribution in [0.2, 0.25) is 0 Å². The van der Waals surface area contributed by atoms with Gasteiger partial charge < -0.3 is 37.4 Å². The van der Waals surface area contributed by atoms with Crippen molar-refractivity contribution in [1.29, 1.82) is 0 Å². The first-order valence-corrected chi connectivity index (χ1v) is 16.2. The lowest BCUT2D eigenvalue weighted by atomic mass is 9.95. The summed E-state index contributed by atoms with van der Waals surface area (Å²) in [5.41, 5.74) is 6.04. The van der Waals surface area contributed by atoms with Gasteiger partial charge in [-0.1, -0.05) is 75.7 Å². The Bertz CT molecular complexity index is 1000. The van der Waals surface area contributed by atoms with Crippen molar-refractivity contribution < 1.29 is 33.9 Å². The minimum absolute atomic E-state index is 0.000291. The van der Waals surface area contributed by atoms with Crippen LogP contribution in [0.25, 0.3) is 0 Å². The third-order valence-electron chi connectivity index (χ3n) is 7.51. The van der Waals surface area contributed by atoms with Gasteiger partial charge in [0.25, 0.3) is 0 Å². The SMILES string of the molecule is CC[C@H](C)[C@H](NC(=O)[C@@H](NC(=O)[C@H](CC(C)C)NC(=O)[C@H](CC(C)C)NC(=O)[C@@H](N)CC(C)C)C(C)C)C(=O)N[C@@H](C)C(=O)O. The van der Waals surface area contributed by atoms with Gasteiger partial charge in [0.1, 0.15) is 30.2 Å². The highest BCUT2D eigenvalue weighted by Gasteiger charge is 2.35. The molecule has 45 heavy (non-hydrogen) atoms. The van der Waals surface area contributed by atoms with Gasteiger partial charge in [-0.15, -0.1) is 0 Å². The molecule has 5 amide bonds. The molecule has 8 N–H and O–H groups in total. The molecule has 0 saturated heterocycles. The second-order valence-electron chi connectivity index (χ2n) is 13.8. The molecule has 260 valence electrons. The zero-order chi connectivity index (χ0) is 35.2. The molecule has 13 nitrogen and oxygen atoms in total. The molecule has 0 aromatic heterocycles. The summed E-state index contributed by atoms with van der Waals surface area (Å²) in [4.78, 5) is 77.5. The normalized spacial score (nSPS) is 16.3. The smallest absolute Gasteiger partial charge is 0.325 e. The number of rotatable bonds is 20. The monoisotopic (exact) mass is 640 g/mol. The molecule has 0 aliphatic heterocycles. The summed E-state index contributed by atoms with van der Waals surface area (Å²) in [6, 6.07) is -5.94. The molecule has 0 heterocycles. The van der Waals surface area contributed by atoms with Crippen molar-refractivity contribution >= 4 is 35.5 Å². The first kappa shape index (κ1) is 41.8. The number of nitrogens with one attached hydrogen (secondary N) is 5. The Morgan fingerprint density at radius 1 is 0.556 bits per heavy atom. The number of hydrogen-bond acceptors (Lipinski definition) is 7. The van der Waals surface area contributed by atoms with E-state index in [-0.39, 0.29) is 30.1 Å². The van der Waals surface area contributed by atoms with Crippen LogP contribution in [0.3, 0.4) is 0 Å². The van der Waals surface area contributed by atoms with Crippen molar-refractivity contribution in [3.8, 4) is 0 Å². The van der Waals surface area contributed by atoms with Gasteiger partial charge in [0.2, 0.25) is 29.5 Å². The highest BCUT2D eigenvalue weighted by molar-refractivity contribution is 5.96. The van der Waals surface area contributed by atoms with Crippen LogP contribution in [-0.2, 0) is 28.8 Å². The fourth-order valence-corrected chi connectivity index (χ4v) is 4.67. The summed E-state index contributed by atoms with van der Waals surface area (Å²) in [7, 11) is 0. The number of carboxylic acid groups (broad SMARTS) is 1. The Hall–Kier alpha value is -3.22. The van der Waals surface area contributed by atoms with Gasteiger partial charge in [-0.25, -0.2) is 0 Å². The number of nitrogens with two attached hydrogens (primary N) is 1. The largest absolute Gasteiger partial charge is 0.480 e. The van der Waals surface area contributed by atoms with Crippen LogP contribution < -0.4 is 32.3 Å². The fraction of sp³-hybridized carbons (Fsp3) is 0.812. The van der Waals surface area contributed by atoms with E-state index in [2.05, 4.69) is 26.6 Å².